The van der Waals surface area contributed by atoms with E-state index in [2.05, 4.69) is 13.8 Å². The summed E-state index contributed by atoms with van der Waals surface area (Å²) in [5.41, 5.74) is 5.58. The molecule has 2 aliphatic heterocycles. The number of ketones is 2. The van der Waals surface area contributed by atoms with Crippen LogP contribution in [0.2, 0.25) is 0 Å². The summed E-state index contributed by atoms with van der Waals surface area (Å²) in [6.07, 6.45) is 3.39. The number of Topliss-reactive ketones (excluding diaryl/α,β-unsaturated/α-hetero) is 2. The van der Waals surface area contributed by atoms with Crippen molar-refractivity contribution < 1.29 is 52.5 Å². The Hall–Kier alpha value is -3.35. The molecule has 0 bridgehead atoms. The number of likely N-dealkylation sites (N-methyl/N-ethyl adjacent to an activating group) is 2. The van der Waals surface area contributed by atoms with E-state index in [1.54, 1.807) is 26.2 Å². The quantitative estimate of drug-likeness (QED) is 0.0838. The number of hydroxylamine groups is 2. The van der Waals surface area contributed by atoms with E-state index in [9.17, 15) is 24.0 Å². The lowest BCUT2D eigenvalue weighted by atomic mass is 9.83. The van der Waals surface area contributed by atoms with Gasteiger partial charge in [0.2, 0.25) is 11.8 Å². The number of methoxy groups -OCH3 is 2. The van der Waals surface area contributed by atoms with Crippen molar-refractivity contribution in [3.05, 3.63) is 35.9 Å². The number of hydrogen-bond donors (Lipinski definition) is 1. The fourth-order valence-electron chi connectivity index (χ4n) is 11.1. The summed E-state index contributed by atoms with van der Waals surface area (Å²) < 4.78 is 29.0. The first-order valence-corrected chi connectivity index (χ1v) is 26.3. The minimum Gasteiger partial charge on any atom is -0.379 e. The number of amides is 3. The van der Waals surface area contributed by atoms with Crippen LogP contribution in [0.4, 0.5) is 0 Å². The zero-order valence-electron chi connectivity index (χ0n) is 44.7. The van der Waals surface area contributed by atoms with E-state index in [4.69, 9.17) is 34.3 Å². The van der Waals surface area contributed by atoms with Crippen molar-refractivity contribution in [2.75, 3.05) is 101 Å². The van der Waals surface area contributed by atoms with Crippen LogP contribution in [0, 0.1) is 35.0 Å². The summed E-state index contributed by atoms with van der Waals surface area (Å²) >= 11 is 0. The first kappa shape index (κ1) is 59.2. The van der Waals surface area contributed by atoms with Crippen molar-refractivity contribution in [1.82, 2.24) is 19.8 Å². The largest absolute Gasteiger partial charge is 0.379 e. The van der Waals surface area contributed by atoms with Gasteiger partial charge in [-0.25, -0.2) is 5.06 Å². The highest BCUT2D eigenvalue weighted by molar-refractivity contribution is 5.94. The van der Waals surface area contributed by atoms with Crippen molar-refractivity contribution in [2.24, 2.45) is 40.7 Å². The molecule has 4 rings (SSSR count). The Morgan fingerprint density at radius 1 is 0.814 bits per heavy atom. The number of nitrogens with zero attached hydrogens (tertiary/aromatic N) is 4. The summed E-state index contributed by atoms with van der Waals surface area (Å²) in [6.45, 7) is 19.3. The first-order chi connectivity index (χ1) is 33.5. The van der Waals surface area contributed by atoms with Crippen LogP contribution in [0.15, 0.2) is 30.3 Å². The second-order valence-corrected chi connectivity index (χ2v) is 20.8. The molecule has 0 spiro atoms. The third kappa shape index (κ3) is 15.8. The van der Waals surface area contributed by atoms with Crippen molar-refractivity contribution in [3.8, 4) is 0 Å². The van der Waals surface area contributed by atoms with Crippen LogP contribution < -0.4 is 5.73 Å². The van der Waals surface area contributed by atoms with Crippen LogP contribution in [0.3, 0.4) is 0 Å². The number of nitrogens with two attached hydrogens (primary N) is 1. The van der Waals surface area contributed by atoms with Crippen molar-refractivity contribution in [2.45, 2.75) is 143 Å². The smallest absolute Gasteiger partial charge is 0.253 e. The van der Waals surface area contributed by atoms with Gasteiger partial charge in [0.15, 0.2) is 5.78 Å². The lowest BCUT2D eigenvalue weighted by Gasteiger charge is -2.41. The molecule has 2 heterocycles. The van der Waals surface area contributed by atoms with Gasteiger partial charge in [-0.15, -0.1) is 0 Å². The number of carbonyl (C=O) groups excluding carboxylic acids is 5. The maximum atomic E-state index is 14.7. The van der Waals surface area contributed by atoms with Crippen molar-refractivity contribution in [1.29, 1.82) is 0 Å². The minimum atomic E-state index is -0.894. The number of benzene rings is 1. The van der Waals surface area contributed by atoms with Gasteiger partial charge < -0.3 is 39.2 Å². The molecule has 3 amide bonds. The molecule has 1 aliphatic carbocycles. The van der Waals surface area contributed by atoms with Crippen LogP contribution in [-0.4, -0.2) is 180 Å². The Morgan fingerprint density at radius 3 is 2.04 bits per heavy atom. The second-order valence-electron chi connectivity index (χ2n) is 20.8. The first-order valence-electron chi connectivity index (χ1n) is 26.3. The standard InChI is InChI=1S/C54H91N5O11/c1-12-39(6)50(57(9)52(63)42(37(2)3)33-45(60)49(38(4)5)56(8)25-28-68-30-32-69-31-29-67-27-22-55)47(65-10)34-48(62)58-23-18-21-44(58)51(66-11)40(7)46(61)36-54(53(64)59-24-16-17-26-70-59)35-43(54)41-19-14-13-15-20-41/h13-15,19-20,37-40,42-44,47,49-51H,12,16-18,21-36,55H2,1-11H3/t39-,40-,42-,43+,44-,47+,49-,50-,51+,54-/m0/s1. The summed E-state index contributed by atoms with van der Waals surface area (Å²) in [6, 6.07) is 8.68. The molecule has 0 aromatic heterocycles. The number of rotatable bonds is 33. The van der Waals surface area contributed by atoms with E-state index in [0.29, 0.717) is 85.3 Å². The van der Waals surface area contributed by atoms with Crippen LogP contribution in [0.25, 0.3) is 0 Å². The summed E-state index contributed by atoms with van der Waals surface area (Å²) in [5.74, 6) is -1.91. The maximum Gasteiger partial charge on any atom is 0.253 e. The van der Waals surface area contributed by atoms with Crippen molar-refractivity contribution >= 4 is 29.3 Å². The topological polar surface area (TPSA) is 180 Å². The molecule has 2 N–H and O–H groups in total. The zero-order valence-corrected chi connectivity index (χ0v) is 44.7. The Morgan fingerprint density at radius 2 is 1.47 bits per heavy atom. The second kappa shape index (κ2) is 29.4. The number of hydrogen-bond acceptors (Lipinski definition) is 13. The molecule has 10 atom stereocenters. The van der Waals surface area contributed by atoms with Crippen LogP contribution in [-0.2, 0) is 52.5 Å². The molecule has 1 saturated carbocycles. The molecule has 2 saturated heterocycles. The van der Waals surface area contributed by atoms with Gasteiger partial charge in [-0.05, 0) is 68.4 Å². The van der Waals surface area contributed by atoms with Gasteiger partial charge in [-0.3, -0.25) is 33.7 Å². The minimum absolute atomic E-state index is 0.00346. The van der Waals surface area contributed by atoms with Gasteiger partial charge >= 0.3 is 0 Å². The average molecular weight is 986 g/mol. The normalized spacial score (nSPS) is 22.4. The fourth-order valence-corrected chi connectivity index (χ4v) is 11.1. The van der Waals surface area contributed by atoms with E-state index >= 15 is 0 Å². The van der Waals surface area contributed by atoms with E-state index in [1.165, 1.54) is 5.06 Å². The van der Waals surface area contributed by atoms with E-state index < -0.39 is 41.5 Å². The van der Waals surface area contributed by atoms with Gasteiger partial charge in [0, 0.05) is 72.1 Å². The van der Waals surface area contributed by atoms with E-state index in [1.807, 2.05) is 81.8 Å². The lowest BCUT2D eigenvalue weighted by Crippen LogP contribution is -2.54. The highest BCUT2D eigenvalue weighted by atomic mass is 16.7. The monoisotopic (exact) mass is 986 g/mol. The average Bonchev–Trinajstić information content (AvgIpc) is 3.87. The molecule has 0 unspecified atom stereocenters. The lowest BCUT2D eigenvalue weighted by molar-refractivity contribution is -0.203. The molecule has 16 nitrogen and oxygen atoms in total. The molecular formula is C54H91N5O11. The number of ether oxygens (including phenoxy) is 5. The van der Waals surface area contributed by atoms with Gasteiger partial charge in [0.25, 0.3) is 5.91 Å². The Labute approximate surface area is 420 Å². The molecule has 0 radical (unpaired) electrons. The molecule has 1 aromatic rings. The van der Waals surface area contributed by atoms with Crippen LogP contribution in [0.5, 0.6) is 0 Å². The van der Waals surface area contributed by atoms with Crippen molar-refractivity contribution in [3.63, 3.8) is 0 Å². The molecule has 3 fully saturated rings. The number of likely N-dealkylation sites (tertiary alicyclic amines) is 1. The maximum absolute atomic E-state index is 14.7. The Kier molecular flexibility index (Phi) is 24.8. The van der Waals surface area contributed by atoms with Gasteiger partial charge in [0.05, 0.1) is 88.4 Å². The predicted molar refractivity (Wildman–Crippen MR) is 270 cm³/mol. The third-order valence-corrected chi connectivity index (χ3v) is 15.3. The summed E-state index contributed by atoms with van der Waals surface area (Å²) in [7, 11) is 6.88. The Bertz CT molecular complexity index is 1760. The fraction of sp³-hybridized carbons (Fsp3) is 0.796. The van der Waals surface area contributed by atoms with Crippen LogP contribution in [0.1, 0.15) is 118 Å². The zero-order chi connectivity index (χ0) is 51.5. The van der Waals surface area contributed by atoms with Crippen LogP contribution >= 0.6 is 0 Å². The number of carbonyl (C=O) groups is 5. The SMILES string of the molecule is CC[C@H](C)[C@@H]([C@@H](CC(=O)N1CCC[C@H]1[C@H](OC)[C@@H](C)C(=O)C[C@@]1(C(=O)N2CCCCO2)C[C@@H]1c1ccccc1)OC)N(C)C(=O)[C@@H](CC(=O)[C@H](C(C)C)N(C)CCOCCOCCOCCN)C(C)C. The van der Waals surface area contributed by atoms with Gasteiger partial charge in [-0.2, -0.15) is 0 Å². The van der Waals surface area contributed by atoms with Gasteiger partial charge in [0.1, 0.15) is 5.78 Å². The van der Waals surface area contributed by atoms with Gasteiger partial charge in [-0.1, -0.05) is 85.2 Å². The molecule has 16 heteroatoms. The summed E-state index contributed by atoms with van der Waals surface area (Å²) in [5, 5.41) is 1.48. The molecular weight excluding hydrogens is 895 g/mol. The Balaban J connectivity index is 1.42. The molecule has 398 valence electrons. The van der Waals surface area contributed by atoms with E-state index in [0.717, 1.165) is 31.2 Å². The predicted octanol–water partition coefficient (Wildman–Crippen LogP) is 5.79. The van der Waals surface area contributed by atoms with E-state index in [-0.39, 0.29) is 78.3 Å². The molecule has 1 aromatic carbocycles. The molecule has 70 heavy (non-hydrogen) atoms. The molecule has 3 aliphatic rings. The highest BCUT2D eigenvalue weighted by Gasteiger charge is 2.63. The summed E-state index contributed by atoms with van der Waals surface area (Å²) in [4.78, 5) is 83.6. The third-order valence-electron chi connectivity index (χ3n) is 15.3. The highest BCUT2D eigenvalue weighted by Crippen LogP contribution is 2.63.